The van der Waals surface area contributed by atoms with Gasteiger partial charge in [-0.15, -0.1) is 11.3 Å². The van der Waals surface area contributed by atoms with Crippen LogP contribution in [0.1, 0.15) is 18.7 Å². The average Bonchev–Trinajstić information content (AvgIpc) is 3.65. The Morgan fingerprint density at radius 2 is 1.45 bits per heavy atom. The molecule has 5 nitrogen and oxygen atoms in total. The summed E-state index contributed by atoms with van der Waals surface area (Å²) in [6, 6.07) is 36.0. The van der Waals surface area contributed by atoms with Crippen LogP contribution in [0.25, 0.3) is 76.1 Å². The first-order chi connectivity index (χ1) is 21.8. The second-order valence-electron chi connectivity index (χ2n) is 11.0. The molecule has 9 rings (SSSR count). The topological polar surface area (TPSA) is 56.5 Å². The molecule has 1 aliphatic carbocycles. The van der Waals surface area contributed by atoms with Gasteiger partial charge in [0.15, 0.2) is 17.5 Å². The Kier molecular flexibility index (Phi) is 5.74. The molecule has 4 aromatic carbocycles. The normalized spacial score (nSPS) is 13.3. The maximum absolute atomic E-state index is 5.09. The number of aromatic nitrogens is 5. The van der Waals surface area contributed by atoms with Gasteiger partial charge in [-0.3, -0.25) is 4.57 Å². The molecule has 4 aromatic heterocycles. The highest BCUT2D eigenvalue weighted by Crippen LogP contribution is 2.43. The summed E-state index contributed by atoms with van der Waals surface area (Å²) in [6.07, 6.45) is 10.2. The first-order valence-electron chi connectivity index (χ1n) is 14.8. The highest BCUT2D eigenvalue weighted by Gasteiger charge is 2.21. The Bertz CT molecular complexity index is 2400. The fourth-order valence-electron chi connectivity index (χ4n) is 6.38. The molecule has 0 bridgehead atoms. The third-order valence-electron chi connectivity index (χ3n) is 8.38. The number of hydrogen-bond donors (Lipinski definition) is 0. The van der Waals surface area contributed by atoms with E-state index in [1.807, 2.05) is 30.5 Å². The smallest absolute Gasteiger partial charge is 0.165 e. The zero-order valence-electron chi connectivity index (χ0n) is 23.7. The lowest BCUT2D eigenvalue weighted by atomic mass is 10.0. The zero-order valence-corrected chi connectivity index (χ0v) is 24.5. The summed E-state index contributed by atoms with van der Waals surface area (Å²) < 4.78 is 4.69. The molecule has 208 valence electrons. The van der Waals surface area contributed by atoms with Crippen molar-refractivity contribution in [3.8, 4) is 28.5 Å². The van der Waals surface area contributed by atoms with E-state index in [9.17, 15) is 0 Å². The quantitative estimate of drug-likeness (QED) is 0.207. The van der Waals surface area contributed by atoms with Gasteiger partial charge in [0.1, 0.15) is 5.65 Å². The van der Waals surface area contributed by atoms with E-state index in [0.29, 0.717) is 11.6 Å². The third kappa shape index (κ3) is 3.92. The molecule has 0 saturated carbocycles. The molecular formula is C38H25N5S. The van der Waals surface area contributed by atoms with Gasteiger partial charge in [0.2, 0.25) is 0 Å². The lowest BCUT2D eigenvalue weighted by Crippen LogP contribution is -2.03. The number of rotatable bonds is 4. The van der Waals surface area contributed by atoms with Gasteiger partial charge in [0, 0.05) is 48.3 Å². The minimum absolute atomic E-state index is 0.691. The fourth-order valence-corrected chi connectivity index (χ4v) is 7.61. The van der Waals surface area contributed by atoms with Crippen LogP contribution in [0.4, 0.5) is 0 Å². The van der Waals surface area contributed by atoms with E-state index >= 15 is 0 Å². The van der Waals surface area contributed by atoms with Crippen molar-refractivity contribution in [1.29, 1.82) is 0 Å². The van der Waals surface area contributed by atoms with Crippen molar-refractivity contribution in [3.05, 3.63) is 133 Å². The van der Waals surface area contributed by atoms with Gasteiger partial charge < -0.3 is 0 Å². The Hall–Kier alpha value is -5.46. The van der Waals surface area contributed by atoms with E-state index in [0.717, 1.165) is 62.3 Å². The largest absolute Gasteiger partial charge is 0.293 e. The zero-order chi connectivity index (χ0) is 29.0. The SMILES string of the molecule is C1=CCCC(c2nc(-c3ccccc3)nc(-c3cccc4c3sc3cccc(-n5c6ccccc6c6cccnc65)c34)n2)=C1. The molecule has 6 heteroatoms. The van der Waals surface area contributed by atoms with E-state index in [1.165, 1.54) is 20.9 Å². The van der Waals surface area contributed by atoms with E-state index < -0.39 is 0 Å². The number of nitrogens with zero attached hydrogens (tertiary/aromatic N) is 5. The third-order valence-corrected chi connectivity index (χ3v) is 9.59. The summed E-state index contributed by atoms with van der Waals surface area (Å²) in [5.74, 6) is 2.13. The number of pyridine rings is 1. The van der Waals surface area contributed by atoms with E-state index in [2.05, 4.69) is 102 Å². The van der Waals surface area contributed by atoms with Gasteiger partial charge in [-0.25, -0.2) is 19.9 Å². The van der Waals surface area contributed by atoms with Crippen LogP contribution in [0, 0.1) is 0 Å². The molecule has 0 fully saturated rings. The van der Waals surface area contributed by atoms with Crippen LogP contribution >= 0.6 is 11.3 Å². The van der Waals surface area contributed by atoms with Crippen molar-refractivity contribution in [1.82, 2.24) is 24.5 Å². The number of hydrogen-bond acceptors (Lipinski definition) is 5. The summed E-state index contributed by atoms with van der Waals surface area (Å²) in [7, 11) is 0. The molecule has 0 amide bonds. The van der Waals surface area contributed by atoms with Crippen molar-refractivity contribution in [2.45, 2.75) is 12.8 Å². The number of fused-ring (bicyclic) bond motifs is 6. The number of allylic oxidation sites excluding steroid dienone is 4. The molecule has 0 unspecified atom stereocenters. The Morgan fingerprint density at radius 3 is 2.36 bits per heavy atom. The molecule has 0 aliphatic heterocycles. The number of para-hydroxylation sites is 1. The second kappa shape index (κ2) is 10.1. The maximum Gasteiger partial charge on any atom is 0.165 e. The second-order valence-corrected chi connectivity index (χ2v) is 12.0. The first-order valence-corrected chi connectivity index (χ1v) is 15.6. The molecule has 44 heavy (non-hydrogen) atoms. The van der Waals surface area contributed by atoms with E-state index in [4.69, 9.17) is 19.9 Å². The highest BCUT2D eigenvalue weighted by atomic mass is 32.1. The minimum Gasteiger partial charge on any atom is -0.293 e. The van der Waals surface area contributed by atoms with Gasteiger partial charge in [-0.1, -0.05) is 85.0 Å². The summed E-state index contributed by atoms with van der Waals surface area (Å²) >= 11 is 1.79. The van der Waals surface area contributed by atoms with Gasteiger partial charge in [0.05, 0.1) is 11.2 Å². The number of benzene rings is 4. The summed E-state index contributed by atoms with van der Waals surface area (Å²) in [5, 5.41) is 4.74. The fraction of sp³-hybridized carbons (Fsp3) is 0.0526. The van der Waals surface area contributed by atoms with Gasteiger partial charge in [0.25, 0.3) is 0 Å². The molecule has 8 aromatic rings. The molecule has 4 heterocycles. The van der Waals surface area contributed by atoms with Crippen molar-refractivity contribution in [2.24, 2.45) is 0 Å². The van der Waals surface area contributed by atoms with Crippen LogP contribution in [0.15, 0.2) is 128 Å². The van der Waals surface area contributed by atoms with Gasteiger partial charge in [-0.2, -0.15) is 0 Å². The Balaban J connectivity index is 1.31. The van der Waals surface area contributed by atoms with E-state index in [-0.39, 0.29) is 0 Å². The van der Waals surface area contributed by atoms with Crippen LogP contribution in [0.3, 0.4) is 0 Å². The van der Waals surface area contributed by atoms with Crippen LogP contribution in [-0.4, -0.2) is 24.5 Å². The van der Waals surface area contributed by atoms with Crippen LogP contribution < -0.4 is 0 Å². The van der Waals surface area contributed by atoms with Crippen LogP contribution in [0.2, 0.25) is 0 Å². The van der Waals surface area contributed by atoms with Gasteiger partial charge in [-0.05, 0) is 54.8 Å². The molecule has 1 aliphatic rings. The molecule has 0 atom stereocenters. The van der Waals surface area contributed by atoms with E-state index in [1.54, 1.807) is 11.3 Å². The van der Waals surface area contributed by atoms with Crippen LogP contribution in [0.5, 0.6) is 0 Å². The Labute approximate surface area is 257 Å². The molecule has 0 radical (unpaired) electrons. The molecule has 0 spiro atoms. The summed E-state index contributed by atoms with van der Waals surface area (Å²) in [5.41, 5.74) is 6.36. The average molecular weight is 584 g/mol. The predicted molar refractivity (Wildman–Crippen MR) is 182 cm³/mol. The first kappa shape index (κ1) is 25.1. The summed E-state index contributed by atoms with van der Waals surface area (Å²) in [6.45, 7) is 0. The predicted octanol–water partition coefficient (Wildman–Crippen LogP) is 9.80. The van der Waals surface area contributed by atoms with Gasteiger partial charge >= 0.3 is 0 Å². The minimum atomic E-state index is 0.691. The van der Waals surface area contributed by atoms with Crippen molar-refractivity contribution in [2.75, 3.05) is 0 Å². The Morgan fingerprint density at radius 1 is 0.659 bits per heavy atom. The lowest BCUT2D eigenvalue weighted by Gasteiger charge is -2.12. The van der Waals surface area contributed by atoms with Crippen molar-refractivity contribution >= 4 is 59.0 Å². The summed E-state index contributed by atoms with van der Waals surface area (Å²) in [4.78, 5) is 20.0. The maximum atomic E-state index is 5.09. The standard InChI is InChI=1S/C38H25N5S/c1-3-12-24(13-4-1)35-40-36(25-14-5-2-6-15-25)42-37(41-35)29-18-9-17-28-33-31(21-10-22-32(33)44-34(28)29)43-30-20-8-7-16-26(30)27-19-11-23-39-38(27)43/h1-5,7-14,16-23H,6,15H2. The monoisotopic (exact) mass is 583 g/mol. The van der Waals surface area contributed by atoms with Crippen molar-refractivity contribution in [3.63, 3.8) is 0 Å². The number of thiophene rings is 1. The van der Waals surface area contributed by atoms with Crippen LogP contribution in [-0.2, 0) is 0 Å². The highest BCUT2D eigenvalue weighted by molar-refractivity contribution is 7.26. The molecule has 0 N–H and O–H groups in total. The van der Waals surface area contributed by atoms with Crippen molar-refractivity contribution < 1.29 is 0 Å². The lowest BCUT2D eigenvalue weighted by molar-refractivity contribution is 0.979. The molecular weight excluding hydrogens is 559 g/mol. The molecule has 0 saturated heterocycles.